The molecule has 1 fully saturated rings. The number of aromatic nitrogens is 3. The smallest absolute Gasteiger partial charge is 0.356 e. The van der Waals surface area contributed by atoms with Gasteiger partial charge in [-0.3, -0.25) is 4.79 Å². The number of methoxy groups -OCH3 is 1. The van der Waals surface area contributed by atoms with Crippen LogP contribution in [-0.4, -0.2) is 32.8 Å². The minimum absolute atomic E-state index is 0.0738. The molecule has 1 aliphatic rings. The Labute approximate surface area is 194 Å². The number of H-pyrrole nitrogens is 1. The third-order valence-electron chi connectivity index (χ3n) is 6.55. The van der Waals surface area contributed by atoms with Crippen LogP contribution in [0.1, 0.15) is 54.1 Å². The first-order valence-corrected chi connectivity index (χ1v) is 11.3. The molecule has 0 bridgehead atoms. The number of hydrogen-bond acceptors (Lipinski definition) is 4. The number of ether oxygens (including phenoxy) is 1. The SMILES string of the molecule is COc1ccc(-c2ccc(-c3[nH]c4cc(C(=O)O)nn4c(=O)c3C3CCCCC3)cc2)cc1F. The first-order valence-electron chi connectivity index (χ1n) is 11.3. The largest absolute Gasteiger partial charge is 0.494 e. The van der Waals surface area contributed by atoms with Crippen LogP contribution >= 0.6 is 0 Å². The van der Waals surface area contributed by atoms with Crippen molar-refractivity contribution >= 4 is 11.6 Å². The van der Waals surface area contributed by atoms with Crippen molar-refractivity contribution in [3.05, 3.63) is 76.0 Å². The predicted molar refractivity (Wildman–Crippen MR) is 126 cm³/mol. The minimum Gasteiger partial charge on any atom is -0.494 e. The predicted octanol–water partition coefficient (Wildman–Crippen LogP) is 5.25. The van der Waals surface area contributed by atoms with Crippen LogP contribution in [0, 0.1) is 5.82 Å². The lowest BCUT2D eigenvalue weighted by Crippen LogP contribution is -2.25. The maximum absolute atomic E-state index is 14.2. The molecule has 2 heterocycles. The molecule has 5 rings (SSSR count). The van der Waals surface area contributed by atoms with Gasteiger partial charge in [-0.25, -0.2) is 9.18 Å². The van der Waals surface area contributed by atoms with Crippen molar-refractivity contribution < 1.29 is 19.0 Å². The zero-order chi connectivity index (χ0) is 23.8. The number of aromatic amines is 1. The average molecular weight is 461 g/mol. The van der Waals surface area contributed by atoms with Crippen molar-refractivity contribution in [2.75, 3.05) is 7.11 Å². The number of rotatable bonds is 5. The summed E-state index contributed by atoms with van der Waals surface area (Å²) in [6.07, 6.45) is 5.03. The first kappa shape index (κ1) is 21.9. The summed E-state index contributed by atoms with van der Waals surface area (Å²) < 4.78 is 20.3. The number of aromatic carboxylic acids is 1. The lowest BCUT2D eigenvalue weighted by Gasteiger charge is -2.23. The van der Waals surface area contributed by atoms with Gasteiger partial charge in [-0.15, -0.1) is 0 Å². The molecule has 1 saturated carbocycles. The van der Waals surface area contributed by atoms with E-state index in [1.807, 2.05) is 24.3 Å². The van der Waals surface area contributed by atoms with Gasteiger partial charge in [0.2, 0.25) is 0 Å². The van der Waals surface area contributed by atoms with E-state index in [1.54, 1.807) is 12.1 Å². The minimum atomic E-state index is -1.19. The van der Waals surface area contributed by atoms with Crippen LogP contribution in [0.3, 0.4) is 0 Å². The lowest BCUT2D eigenvalue weighted by atomic mass is 9.82. The quantitative estimate of drug-likeness (QED) is 0.423. The number of carboxylic acid groups (broad SMARTS) is 1. The Bertz CT molecular complexity index is 1430. The van der Waals surface area contributed by atoms with E-state index in [4.69, 9.17) is 4.74 Å². The molecule has 7 nitrogen and oxygen atoms in total. The molecule has 0 spiro atoms. The summed E-state index contributed by atoms with van der Waals surface area (Å²) in [5.41, 5.74) is 3.51. The third kappa shape index (κ3) is 3.85. The number of fused-ring (bicyclic) bond motifs is 1. The molecule has 0 amide bonds. The van der Waals surface area contributed by atoms with E-state index in [2.05, 4.69) is 10.1 Å². The lowest BCUT2D eigenvalue weighted by molar-refractivity contribution is 0.0690. The zero-order valence-corrected chi connectivity index (χ0v) is 18.7. The van der Waals surface area contributed by atoms with Gasteiger partial charge in [-0.05, 0) is 47.6 Å². The van der Waals surface area contributed by atoms with Crippen LogP contribution in [0.4, 0.5) is 4.39 Å². The van der Waals surface area contributed by atoms with Gasteiger partial charge < -0.3 is 14.8 Å². The maximum Gasteiger partial charge on any atom is 0.356 e. The second-order valence-electron chi connectivity index (χ2n) is 8.61. The van der Waals surface area contributed by atoms with E-state index < -0.39 is 11.8 Å². The summed E-state index contributed by atoms with van der Waals surface area (Å²) in [4.78, 5) is 28.2. The van der Waals surface area contributed by atoms with E-state index in [0.29, 0.717) is 22.5 Å². The van der Waals surface area contributed by atoms with E-state index in [1.165, 1.54) is 19.2 Å². The summed E-state index contributed by atoms with van der Waals surface area (Å²) in [5, 5.41) is 13.4. The van der Waals surface area contributed by atoms with Crippen LogP contribution < -0.4 is 10.3 Å². The third-order valence-corrected chi connectivity index (χ3v) is 6.55. The highest BCUT2D eigenvalue weighted by atomic mass is 19.1. The average Bonchev–Trinajstić information content (AvgIpc) is 3.30. The van der Waals surface area contributed by atoms with E-state index in [9.17, 15) is 19.1 Å². The van der Waals surface area contributed by atoms with Gasteiger partial charge in [-0.2, -0.15) is 9.61 Å². The fourth-order valence-electron chi connectivity index (χ4n) is 4.82. The molecule has 1 aliphatic carbocycles. The van der Waals surface area contributed by atoms with E-state index >= 15 is 0 Å². The summed E-state index contributed by atoms with van der Waals surface area (Å²) >= 11 is 0. The van der Waals surface area contributed by atoms with Gasteiger partial charge >= 0.3 is 5.97 Å². The Morgan fingerprint density at radius 2 is 1.74 bits per heavy atom. The number of carboxylic acids is 1. The summed E-state index contributed by atoms with van der Waals surface area (Å²) in [6.45, 7) is 0. The molecule has 0 unspecified atom stereocenters. The molecule has 174 valence electrons. The number of nitrogens with one attached hydrogen (secondary N) is 1. The highest BCUT2D eigenvalue weighted by molar-refractivity contribution is 5.86. The van der Waals surface area contributed by atoms with Gasteiger partial charge in [0.15, 0.2) is 17.3 Å². The van der Waals surface area contributed by atoms with Gasteiger partial charge in [0.25, 0.3) is 5.56 Å². The van der Waals surface area contributed by atoms with Crippen molar-refractivity contribution in [2.24, 2.45) is 0 Å². The highest BCUT2D eigenvalue weighted by Crippen LogP contribution is 2.36. The van der Waals surface area contributed by atoms with Crippen LogP contribution in [0.15, 0.2) is 53.3 Å². The molecule has 0 radical (unpaired) electrons. The van der Waals surface area contributed by atoms with Crippen LogP contribution in [0.5, 0.6) is 5.75 Å². The van der Waals surface area contributed by atoms with E-state index in [0.717, 1.165) is 47.7 Å². The molecule has 4 aromatic rings. The van der Waals surface area contributed by atoms with Crippen LogP contribution in [-0.2, 0) is 0 Å². The molecule has 0 saturated heterocycles. The number of carbonyl (C=O) groups is 1. The van der Waals surface area contributed by atoms with Gasteiger partial charge in [0.05, 0.1) is 12.8 Å². The Morgan fingerprint density at radius 1 is 1.06 bits per heavy atom. The summed E-state index contributed by atoms with van der Waals surface area (Å²) in [7, 11) is 1.42. The number of benzene rings is 2. The Morgan fingerprint density at radius 3 is 2.38 bits per heavy atom. The van der Waals surface area contributed by atoms with Crippen molar-refractivity contribution in [3.63, 3.8) is 0 Å². The van der Waals surface area contributed by atoms with Crippen molar-refractivity contribution in [3.8, 4) is 28.1 Å². The van der Waals surface area contributed by atoms with Crippen LogP contribution in [0.25, 0.3) is 28.0 Å². The normalized spacial score (nSPS) is 14.4. The summed E-state index contributed by atoms with van der Waals surface area (Å²) in [5.74, 6) is -1.36. The molecule has 34 heavy (non-hydrogen) atoms. The van der Waals surface area contributed by atoms with E-state index in [-0.39, 0.29) is 22.9 Å². The number of hydrogen-bond donors (Lipinski definition) is 2. The molecule has 0 aliphatic heterocycles. The monoisotopic (exact) mass is 461 g/mol. The fraction of sp³-hybridized carbons (Fsp3) is 0.269. The summed E-state index contributed by atoms with van der Waals surface area (Å²) in [6, 6.07) is 13.7. The Kier molecular flexibility index (Phi) is 5.65. The molecule has 2 aromatic heterocycles. The number of halogens is 1. The second-order valence-corrected chi connectivity index (χ2v) is 8.61. The molecule has 0 atom stereocenters. The maximum atomic E-state index is 14.2. The standard InChI is InChI=1S/C26H24FN3O4/c1-34-21-12-11-18(13-19(21)27)15-7-9-17(10-8-15)24-23(16-5-3-2-4-6-16)25(31)30-22(28-24)14-20(29-30)26(32)33/h7-14,16,28H,2-6H2,1H3,(H,32,33). The van der Waals surface area contributed by atoms with Gasteiger partial charge in [0.1, 0.15) is 5.65 Å². The Balaban J connectivity index is 1.62. The molecule has 8 heteroatoms. The van der Waals surface area contributed by atoms with Gasteiger partial charge in [0, 0.05) is 11.6 Å². The second kappa shape index (κ2) is 8.78. The molecular weight excluding hydrogens is 437 g/mol. The van der Waals surface area contributed by atoms with Gasteiger partial charge in [-0.1, -0.05) is 49.6 Å². The zero-order valence-electron chi connectivity index (χ0n) is 18.7. The van der Waals surface area contributed by atoms with Crippen molar-refractivity contribution in [1.82, 2.24) is 14.6 Å². The molecule has 2 N–H and O–H groups in total. The molecule has 2 aromatic carbocycles. The first-order chi connectivity index (χ1) is 16.5. The fourth-order valence-corrected chi connectivity index (χ4v) is 4.82. The topological polar surface area (TPSA) is 96.7 Å². The molecular formula is C26H24FN3O4. The van der Waals surface area contributed by atoms with Crippen molar-refractivity contribution in [2.45, 2.75) is 38.0 Å². The Hall–Kier alpha value is -3.94. The van der Waals surface area contributed by atoms with Crippen molar-refractivity contribution in [1.29, 1.82) is 0 Å². The highest BCUT2D eigenvalue weighted by Gasteiger charge is 2.25. The van der Waals surface area contributed by atoms with Crippen LogP contribution in [0.2, 0.25) is 0 Å². The number of nitrogens with zero attached hydrogens (tertiary/aromatic N) is 2.